The summed E-state index contributed by atoms with van der Waals surface area (Å²) < 4.78 is 20.1. The first kappa shape index (κ1) is 34.1. The van der Waals surface area contributed by atoms with E-state index in [4.69, 9.17) is 14.2 Å². The highest BCUT2D eigenvalue weighted by Crippen LogP contribution is 2.63. The molecule has 0 radical (unpaired) electrons. The Morgan fingerprint density at radius 2 is 1.13 bits per heavy atom. The molecule has 0 amide bonds. The highest BCUT2D eigenvalue weighted by Gasteiger charge is 2.60. The van der Waals surface area contributed by atoms with Crippen molar-refractivity contribution in [2.75, 3.05) is 27.2 Å². The Morgan fingerprint density at radius 3 is 1.57 bits per heavy atom. The van der Waals surface area contributed by atoms with Crippen molar-refractivity contribution in [1.82, 2.24) is 4.90 Å². The summed E-state index contributed by atoms with van der Waals surface area (Å²) in [7, 11) is 3.94. The van der Waals surface area contributed by atoms with Crippen LogP contribution in [-0.4, -0.2) is 55.3 Å². The van der Waals surface area contributed by atoms with Gasteiger partial charge in [-0.25, -0.2) is 0 Å². The second-order valence-corrected chi connectivity index (χ2v) is 16.6. The van der Waals surface area contributed by atoms with Crippen molar-refractivity contribution < 1.29 is 33.4 Å². The molecule has 0 spiro atoms. The molecule has 5 rings (SSSR count). The predicted molar refractivity (Wildman–Crippen MR) is 176 cm³/mol. The zero-order valence-electron chi connectivity index (χ0n) is 30.1. The third-order valence-corrected chi connectivity index (χ3v) is 10.6. The smallest absolute Gasteiger partial charge is 0.175 e. The van der Waals surface area contributed by atoms with Gasteiger partial charge in [0.25, 0.3) is 0 Å². The molecule has 250 valence electrons. The summed E-state index contributed by atoms with van der Waals surface area (Å²) in [5.41, 5.74) is -2.18. The number of carbonyl (C=O) groups excluding carboxylic acids is 4. The molecule has 0 aromatic heterocycles. The van der Waals surface area contributed by atoms with Gasteiger partial charge in [-0.1, -0.05) is 27.7 Å². The van der Waals surface area contributed by atoms with Gasteiger partial charge in [0.2, 0.25) is 0 Å². The summed E-state index contributed by atoms with van der Waals surface area (Å²) in [6.07, 6.45) is 0. The van der Waals surface area contributed by atoms with E-state index in [1.165, 1.54) is 0 Å². The first-order valence-electron chi connectivity index (χ1n) is 16.5. The third kappa shape index (κ3) is 4.56. The number of hydrogen-bond donors (Lipinski definition) is 0. The molecular weight excluding hydrogens is 582 g/mol. The van der Waals surface area contributed by atoms with Crippen LogP contribution in [0.4, 0.5) is 0 Å². The molecule has 2 aliphatic heterocycles. The molecule has 8 nitrogen and oxygen atoms in total. The average Bonchev–Trinajstić information content (AvgIpc) is 2.95. The van der Waals surface area contributed by atoms with Gasteiger partial charge in [0.15, 0.2) is 23.1 Å². The number of hydrogen-bond acceptors (Lipinski definition) is 8. The number of Topliss-reactive ketones (excluding diaryl/α,β-unsaturated/α-hetero) is 4. The fraction of sp³-hybridized carbons (Fsp3) is 0.632. The maximum absolute atomic E-state index is 14.3. The number of likely N-dealkylation sites (N-methyl/N-ethyl adjacent to an activating group) is 1. The first-order chi connectivity index (χ1) is 21.0. The van der Waals surface area contributed by atoms with Gasteiger partial charge in [-0.05, 0) is 81.3 Å². The van der Waals surface area contributed by atoms with Crippen LogP contribution in [0.1, 0.15) is 106 Å². The standard InChI is InChI=1S/C38H51NO7/c1-18(2)22-24-20(44-16-15-39(13)14)17-21-25(28(24)46-32-27(22)30(41)36(7,8)34(43)38(32,11)12)23(19(3)4)26-29(40)35(5,6)33(42)37(9,10)31(26)45-21/h17-19,22-23H,15-16H2,1-14H3/t22-,23+/m0/s1. The molecule has 1 aromatic carbocycles. The Hall–Kier alpha value is -3.26. The highest BCUT2D eigenvalue weighted by atomic mass is 16.5. The molecule has 4 aliphatic rings. The van der Waals surface area contributed by atoms with E-state index in [1.807, 2.05) is 52.8 Å². The SMILES string of the molecule is CC(C)[C@@H]1C2=C(Oc3c1c(OCCN(C)C)cc1c3[C@@H](C(C)C)C3=C(O1)C(C)(C)C(=O)C(C)(C)C3=O)C(C)(C)C(=O)C(C)(C)C2=O. The van der Waals surface area contributed by atoms with Gasteiger partial charge in [0, 0.05) is 46.7 Å². The zero-order chi connectivity index (χ0) is 34.6. The Labute approximate surface area is 273 Å². The lowest BCUT2D eigenvalue weighted by molar-refractivity contribution is -0.146. The molecule has 8 heteroatoms. The lowest BCUT2D eigenvalue weighted by Gasteiger charge is -2.48. The second kappa shape index (κ2) is 10.6. The number of rotatable bonds is 6. The van der Waals surface area contributed by atoms with Crippen LogP contribution in [0.5, 0.6) is 17.2 Å². The van der Waals surface area contributed by atoms with E-state index in [2.05, 4.69) is 27.7 Å². The minimum atomic E-state index is -1.24. The second-order valence-electron chi connectivity index (χ2n) is 16.6. The van der Waals surface area contributed by atoms with Crippen LogP contribution in [0.2, 0.25) is 0 Å². The summed E-state index contributed by atoms with van der Waals surface area (Å²) in [5.74, 6) is 0.268. The van der Waals surface area contributed by atoms with E-state index in [0.717, 1.165) is 5.56 Å². The Bertz CT molecular complexity index is 1630. The first-order valence-corrected chi connectivity index (χ1v) is 16.5. The van der Waals surface area contributed by atoms with E-state index in [-0.39, 0.29) is 35.0 Å². The van der Waals surface area contributed by atoms with Crippen molar-refractivity contribution in [2.24, 2.45) is 33.5 Å². The maximum Gasteiger partial charge on any atom is 0.175 e. The third-order valence-electron chi connectivity index (χ3n) is 10.6. The van der Waals surface area contributed by atoms with Gasteiger partial charge in [-0.3, -0.25) is 19.2 Å². The minimum absolute atomic E-state index is 0.0609. The molecule has 0 bridgehead atoms. The van der Waals surface area contributed by atoms with Crippen molar-refractivity contribution in [2.45, 2.75) is 94.9 Å². The van der Waals surface area contributed by atoms with Gasteiger partial charge in [-0.2, -0.15) is 0 Å². The number of ether oxygens (including phenoxy) is 3. The van der Waals surface area contributed by atoms with Gasteiger partial charge in [-0.15, -0.1) is 0 Å². The van der Waals surface area contributed by atoms with Crippen molar-refractivity contribution >= 4 is 23.1 Å². The lowest BCUT2D eigenvalue weighted by Crippen LogP contribution is -2.53. The van der Waals surface area contributed by atoms with Crippen LogP contribution in [0.15, 0.2) is 28.7 Å². The molecule has 2 heterocycles. The van der Waals surface area contributed by atoms with Crippen molar-refractivity contribution in [3.05, 3.63) is 39.9 Å². The zero-order valence-corrected chi connectivity index (χ0v) is 30.1. The molecule has 0 saturated carbocycles. The van der Waals surface area contributed by atoms with Crippen molar-refractivity contribution in [1.29, 1.82) is 0 Å². The molecule has 1 aromatic rings. The predicted octanol–water partition coefficient (Wildman–Crippen LogP) is 6.81. The summed E-state index contributed by atoms with van der Waals surface area (Å²) >= 11 is 0. The molecule has 2 aliphatic carbocycles. The number of carbonyl (C=O) groups is 4. The van der Waals surface area contributed by atoms with Crippen molar-refractivity contribution in [3.8, 4) is 17.2 Å². The van der Waals surface area contributed by atoms with E-state index >= 15 is 0 Å². The van der Waals surface area contributed by atoms with E-state index < -0.39 is 33.5 Å². The van der Waals surface area contributed by atoms with Crippen LogP contribution in [0.25, 0.3) is 0 Å². The van der Waals surface area contributed by atoms with Crippen LogP contribution < -0.4 is 14.2 Å². The summed E-state index contributed by atoms with van der Waals surface area (Å²) in [6.45, 7) is 23.3. The van der Waals surface area contributed by atoms with E-state index in [0.29, 0.717) is 58.6 Å². The van der Waals surface area contributed by atoms with Crippen LogP contribution in [0, 0.1) is 33.5 Å². The molecular formula is C38H51NO7. The van der Waals surface area contributed by atoms with Gasteiger partial charge >= 0.3 is 0 Å². The van der Waals surface area contributed by atoms with E-state index in [9.17, 15) is 19.2 Å². The number of fused-ring (bicyclic) bond motifs is 3. The number of allylic oxidation sites excluding steroid dienone is 4. The molecule has 0 N–H and O–H groups in total. The normalized spacial score (nSPS) is 25.7. The maximum atomic E-state index is 14.3. The van der Waals surface area contributed by atoms with Crippen LogP contribution in [-0.2, 0) is 19.2 Å². The Morgan fingerprint density at radius 1 is 0.696 bits per heavy atom. The fourth-order valence-corrected chi connectivity index (χ4v) is 8.18. The van der Waals surface area contributed by atoms with Gasteiger partial charge < -0.3 is 19.1 Å². The van der Waals surface area contributed by atoms with Crippen LogP contribution in [0.3, 0.4) is 0 Å². The topological polar surface area (TPSA) is 99.2 Å². The van der Waals surface area contributed by atoms with Crippen LogP contribution >= 0.6 is 0 Å². The lowest BCUT2D eigenvalue weighted by atomic mass is 9.58. The molecule has 2 atom stereocenters. The van der Waals surface area contributed by atoms with Gasteiger partial charge in [0.05, 0.1) is 21.7 Å². The number of ketones is 4. The summed E-state index contributed by atoms with van der Waals surface area (Å²) in [5, 5.41) is 0. The Balaban J connectivity index is 1.88. The molecule has 0 fully saturated rings. The highest BCUT2D eigenvalue weighted by molar-refractivity contribution is 6.21. The largest absolute Gasteiger partial charge is 0.492 e. The monoisotopic (exact) mass is 633 g/mol. The minimum Gasteiger partial charge on any atom is -0.492 e. The Kier molecular flexibility index (Phi) is 7.87. The summed E-state index contributed by atoms with van der Waals surface area (Å²) in [4.78, 5) is 58.2. The number of benzene rings is 1. The summed E-state index contributed by atoms with van der Waals surface area (Å²) in [6, 6.07) is 1.85. The average molecular weight is 634 g/mol. The molecule has 0 unspecified atom stereocenters. The number of nitrogens with zero attached hydrogens (tertiary/aromatic N) is 1. The fourth-order valence-electron chi connectivity index (χ4n) is 8.18. The molecule has 46 heavy (non-hydrogen) atoms. The quantitative estimate of drug-likeness (QED) is 0.315. The van der Waals surface area contributed by atoms with Gasteiger partial charge in [0.1, 0.15) is 35.4 Å². The van der Waals surface area contributed by atoms with E-state index in [1.54, 1.807) is 27.7 Å². The van der Waals surface area contributed by atoms with Crippen molar-refractivity contribution in [3.63, 3.8) is 0 Å². The molecule has 0 saturated heterocycles.